The second-order valence-electron chi connectivity index (χ2n) is 6.29. The Labute approximate surface area is 159 Å². The van der Waals surface area contributed by atoms with E-state index in [-0.39, 0.29) is 17.9 Å². The monoisotopic (exact) mass is 385 g/mol. The molecule has 4 rings (SSSR count). The van der Waals surface area contributed by atoms with Crippen molar-refractivity contribution in [1.29, 1.82) is 0 Å². The summed E-state index contributed by atoms with van der Waals surface area (Å²) in [6, 6.07) is 3.48. The van der Waals surface area contributed by atoms with E-state index in [1.807, 2.05) is 4.90 Å². The number of fused-ring (bicyclic) bond motifs is 1. The Morgan fingerprint density at radius 2 is 2.15 bits per heavy atom. The highest BCUT2D eigenvalue weighted by molar-refractivity contribution is 7.16. The van der Waals surface area contributed by atoms with Crippen LogP contribution < -0.4 is 15.4 Å². The van der Waals surface area contributed by atoms with Gasteiger partial charge in [0.05, 0.1) is 18.2 Å². The van der Waals surface area contributed by atoms with E-state index in [1.165, 1.54) is 11.3 Å². The third-order valence-corrected chi connectivity index (χ3v) is 5.29. The average Bonchev–Trinajstić information content (AvgIpc) is 3.15. The van der Waals surface area contributed by atoms with Crippen LogP contribution in [-0.2, 0) is 0 Å². The van der Waals surface area contributed by atoms with Gasteiger partial charge in [-0.1, -0.05) is 0 Å². The maximum atomic E-state index is 12.8. The quantitative estimate of drug-likeness (QED) is 0.721. The van der Waals surface area contributed by atoms with Crippen LogP contribution in [-0.4, -0.2) is 63.5 Å². The highest BCUT2D eigenvalue weighted by Gasteiger charge is 2.30. The maximum absolute atomic E-state index is 12.8. The van der Waals surface area contributed by atoms with Crippen LogP contribution in [0, 0.1) is 0 Å². The van der Waals surface area contributed by atoms with Gasteiger partial charge in [-0.05, 0) is 13.0 Å². The van der Waals surface area contributed by atoms with Crippen LogP contribution in [0.2, 0.25) is 0 Å². The van der Waals surface area contributed by atoms with Gasteiger partial charge in [-0.3, -0.25) is 4.79 Å². The Morgan fingerprint density at radius 3 is 2.85 bits per heavy atom. The fourth-order valence-corrected chi connectivity index (χ4v) is 3.89. The second-order valence-corrected chi connectivity index (χ2v) is 7.13. The van der Waals surface area contributed by atoms with Crippen molar-refractivity contribution in [1.82, 2.24) is 24.8 Å². The Hall–Kier alpha value is -3.01. The van der Waals surface area contributed by atoms with Crippen molar-refractivity contribution in [2.45, 2.75) is 13.0 Å². The molecule has 1 aliphatic rings. The number of hydrogen-bond donors (Lipinski definition) is 1. The summed E-state index contributed by atoms with van der Waals surface area (Å²) < 4.78 is 5.04. The summed E-state index contributed by atoms with van der Waals surface area (Å²) in [5.41, 5.74) is 8.90. The Morgan fingerprint density at radius 1 is 1.30 bits per heavy atom. The molecule has 0 bridgehead atoms. The minimum Gasteiger partial charge on any atom is -0.481 e. The largest absolute Gasteiger partial charge is 0.481 e. The molecule has 27 heavy (non-hydrogen) atoms. The zero-order valence-corrected chi connectivity index (χ0v) is 15.8. The van der Waals surface area contributed by atoms with Crippen molar-refractivity contribution >= 4 is 39.4 Å². The number of methoxy groups -OCH3 is 1. The molecule has 1 unspecified atom stereocenters. The SMILES string of the molecule is COc1ccc(C(=O)N2CCN(c3nc(N)nc4scnc34)C(C)C2)cn1. The number of carbonyl (C=O) groups excluding carboxylic acids is 1. The minimum atomic E-state index is -0.0438. The highest BCUT2D eigenvalue weighted by Crippen LogP contribution is 2.29. The lowest BCUT2D eigenvalue weighted by Crippen LogP contribution is -2.54. The smallest absolute Gasteiger partial charge is 0.255 e. The van der Waals surface area contributed by atoms with Gasteiger partial charge in [-0.25, -0.2) is 15.0 Å². The number of nitrogen functional groups attached to an aromatic ring is 1. The maximum Gasteiger partial charge on any atom is 0.255 e. The van der Waals surface area contributed by atoms with Gasteiger partial charge in [0.1, 0.15) is 5.52 Å². The van der Waals surface area contributed by atoms with Crippen LogP contribution >= 0.6 is 11.3 Å². The fraction of sp³-hybridized carbons (Fsp3) is 0.353. The molecule has 0 spiro atoms. The van der Waals surface area contributed by atoms with Crippen molar-refractivity contribution in [2.75, 3.05) is 37.4 Å². The topological polar surface area (TPSA) is 110 Å². The Balaban J connectivity index is 1.53. The van der Waals surface area contributed by atoms with E-state index in [0.29, 0.717) is 31.1 Å². The number of nitrogens with zero attached hydrogens (tertiary/aromatic N) is 6. The second kappa shape index (κ2) is 6.95. The molecule has 4 heterocycles. The number of pyridine rings is 1. The molecule has 1 aliphatic heterocycles. The number of rotatable bonds is 3. The fourth-order valence-electron chi connectivity index (χ4n) is 3.23. The molecule has 0 aliphatic carbocycles. The third kappa shape index (κ3) is 3.23. The molecule has 3 aromatic rings. The number of thiazole rings is 1. The van der Waals surface area contributed by atoms with Crippen LogP contribution in [0.3, 0.4) is 0 Å². The summed E-state index contributed by atoms with van der Waals surface area (Å²) in [4.78, 5) is 34.6. The van der Waals surface area contributed by atoms with Crippen molar-refractivity contribution in [2.24, 2.45) is 0 Å². The number of hydrogen-bond acceptors (Lipinski definition) is 9. The van der Waals surface area contributed by atoms with Gasteiger partial charge in [0, 0.05) is 37.9 Å². The lowest BCUT2D eigenvalue weighted by molar-refractivity contribution is 0.0725. The first-order chi connectivity index (χ1) is 13.1. The lowest BCUT2D eigenvalue weighted by Gasteiger charge is -2.40. The summed E-state index contributed by atoms with van der Waals surface area (Å²) in [6.45, 7) is 3.84. The van der Waals surface area contributed by atoms with E-state index in [9.17, 15) is 4.79 Å². The molecule has 9 nitrogen and oxygen atoms in total. The highest BCUT2D eigenvalue weighted by atomic mass is 32.1. The average molecular weight is 385 g/mol. The molecule has 1 saturated heterocycles. The molecule has 1 amide bonds. The Kier molecular flexibility index (Phi) is 4.48. The molecular weight excluding hydrogens is 366 g/mol. The molecule has 0 radical (unpaired) electrons. The first-order valence-electron chi connectivity index (χ1n) is 8.49. The van der Waals surface area contributed by atoms with Crippen LogP contribution in [0.1, 0.15) is 17.3 Å². The van der Waals surface area contributed by atoms with Crippen LogP contribution in [0.25, 0.3) is 10.3 Å². The number of ether oxygens (including phenoxy) is 1. The number of nitrogens with two attached hydrogens (primary N) is 1. The molecule has 2 N–H and O–H groups in total. The molecule has 1 atom stereocenters. The predicted octanol–water partition coefficient (Wildman–Crippen LogP) is 1.42. The number of amides is 1. The van der Waals surface area contributed by atoms with Gasteiger partial charge in [-0.2, -0.15) is 4.98 Å². The zero-order valence-electron chi connectivity index (χ0n) is 15.0. The molecule has 1 fully saturated rings. The van der Waals surface area contributed by atoms with E-state index in [2.05, 4.69) is 31.8 Å². The lowest BCUT2D eigenvalue weighted by atomic mass is 10.1. The van der Waals surface area contributed by atoms with Crippen molar-refractivity contribution < 1.29 is 9.53 Å². The molecular formula is C17H19N7O2S. The summed E-state index contributed by atoms with van der Waals surface area (Å²) in [6.07, 6.45) is 1.54. The normalized spacial score (nSPS) is 17.3. The number of carbonyl (C=O) groups is 1. The van der Waals surface area contributed by atoms with Gasteiger partial charge < -0.3 is 20.3 Å². The summed E-state index contributed by atoms with van der Waals surface area (Å²) in [5.74, 6) is 1.40. The van der Waals surface area contributed by atoms with Crippen molar-refractivity contribution in [3.8, 4) is 5.88 Å². The van der Waals surface area contributed by atoms with Gasteiger partial charge in [0.2, 0.25) is 11.8 Å². The molecule has 140 valence electrons. The number of piperazine rings is 1. The first-order valence-corrected chi connectivity index (χ1v) is 9.37. The van der Waals surface area contributed by atoms with E-state index in [4.69, 9.17) is 10.5 Å². The summed E-state index contributed by atoms with van der Waals surface area (Å²) in [5, 5.41) is 0. The molecule has 10 heteroatoms. The zero-order chi connectivity index (χ0) is 19.0. The molecule has 0 aromatic carbocycles. The van der Waals surface area contributed by atoms with Gasteiger partial charge in [0.15, 0.2) is 10.6 Å². The van der Waals surface area contributed by atoms with Crippen molar-refractivity contribution in [3.05, 3.63) is 29.4 Å². The molecule has 3 aromatic heterocycles. The van der Waals surface area contributed by atoms with Crippen LogP contribution in [0.4, 0.5) is 11.8 Å². The van der Waals surface area contributed by atoms with Crippen LogP contribution in [0.15, 0.2) is 23.8 Å². The summed E-state index contributed by atoms with van der Waals surface area (Å²) >= 11 is 1.44. The third-order valence-electron chi connectivity index (χ3n) is 4.58. The Bertz CT molecular complexity index is 975. The van der Waals surface area contributed by atoms with Crippen LogP contribution in [0.5, 0.6) is 5.88 Å². The predicted molar refractivity (Wildman–Crippen MR) is 103 cm³/mol. The summed E-state index contributed by atoms with van der Waals surface area (Å²) in [7, 11) is 1.55. The van der Waals surface area contributed by atoms with E-state index in [1.54, 1.807) is 30.9 Å². The number of aromatic nitrogens is 4. The van der Waals surface area contributed by atoms with E-state index >= 15 is 0 Å². The van der Waals surface area contributed by atoms with Gasteiger partial charge >= 0.3 is 0 Å². The first kappa shape index (κ1) is 17.4. The minimum absolute atomic E-state index is 0.0438. The molecule has 0 saturated carbocycles. The van der Waals surface area contributed by atoms with E-state index < -0.39 is 0 Å². The standard InChI is InChI=1S/C17H19N7O2S/c1-10-8-23(16(25)11-3-4-12(26-2)19-7-11)5-6-24(10)14-13-15(27-9-20-13)22-17(18)21-14/h3-4,7,9-10H,5-6,8H2,1-2H3,(H2,18,21,22). The van der Waals surface area contributed by atoms with E-state index in [0.717, 1.165) is 16.2 Å². The van der Waals surface area contributed by atoms with Crippen molar-refractivity contribution in [3.63, 3.8) is 0 Å². The van der Waals surface area contributed by atoms with Gasteiger partial charge in [0.25, 0.3) is 5.91 Å². The number of anilines is 2. The van der Waals surface area contributed by atoms with Gasteiger partial charge in [-0.15, -0.1) is 11.3 Å².